The van der Waals surface area contributed by atoms with Crippen LogP contribution in [0.3, 0.4) is 0 Å². The smallest absolute Gasteiger partial charge is 0.225 e. The third kappa shape index (κ3) is 3.57. The summed E-state index contributed by atoms with van der Waals surface area (Å²) < 4.78 is 5.89. The molecule has 6 nitrogen and oxygen atoms in total. The second-order valence-electron chi connectivity index (χ2n) is 6.65. The Labute approximate surface area is 147 Å². The zero-order chi connectivity index (χ0) is 17.1. The van der Waals surface area contributed by atoms with E-state index in [-0.39, 0.29) is 17.9 Å². The first kappa shape index (κ1) is 15.9. The highest BCUT2D eigenvalue weighted by Gasteiger charge is 2.28. The molecule has 130 valence electrons. The molecule has 4 rings (SSSR count). The number of fused-ring (bicyclic) bond motifs is 1. The van der Waals surface area contributed by atoms with Gasteiger partial charge in [-0.3, -0.25) is 9.78 Å². The minimum absolute atomic E-state index is 0.0143. The Kier molecular flexibility index (Phi) is 4.50. The first-order valence-electron chi connectivity index (χ1n) is 8.83. The quantitative estimate of drug-likeness (QED) is 0.921. The molecule has 3 heterocycles. The molecule has 0 radical (unpaired) electrons. The van der Waals surface area contributed by atoms with Gasteiger partial charge in [0, 0.05) is 31.9 Å². The van der Waals surface area contributed by atoms with Crippen LogP contribution in [0, 0.1) is 5.92 Å². The van der Waals surface area contributed by atoms with Gasteiger partial charge in [0.15, 0.2) is 0 Å². The molecule has 0 saturated carbocycles. The number of carbonyl (C=O) groups is 1. The van der Waals surface area contributed by atoms with Gasteiger partial charge in [0.1, 0.15) is 17.7 Å². The summed E-state index contributed by atoms with van der Waals surface area (Å²) in [6.45, 7) is 2.16. The van der Waals surface area contributed by atoms with Gasteiger partial charge in [0.05, 0.1) is 18.7 Å². The van der Waals surface area contributed by atoms with Crippen molar-refractivity contribution in [2.24, 2.45) is 5.92 Å². The second kappa shape index (κ2) is 7.09. The Morgan fingerprint density at radius 3 is 3.08 bits per heavy atom. The van der Waals surface area contributed by atoms with Crippen LogP contribution < -0.4 is 15.0 Å². The number of carbonyl (C=O) groups excluding carboxylic acids is 1. The summed E-state index contributed by atoms with van der Waals surface area (Å²) in [5.41, 5.74) is 1.22. The summed E-state index contributed by atoms with van der Waals surface area (Å²) in [6, 6.07) is 8.06. The highest BCUT2D eigenvalue weighted by atomic mass is 16.5. The van der Waals surface area contributed by atoms with Gasteiger partial charge < -0.3 is 15.0 Å². The third-order valence-electron chi connectivity index (χ3n) is 4.88. The van der Waals surface area contributed by atoms with E-state index >= 15 is 0 Å². The van der Waals surface area contributed by atoms with E-state index in [4.69, 9.17) is 4.74 Å². The molecular formula is C19H22N4O2. The molecule has 0 aliphatic carbocycles. The number of nitrogens with one attached hydrogen (secondary N) is 1. The summed E-state index contributed by atoms with van der Waals surface area (Å²) in [4.78, 5) is 23.2. The monoisotopic (exact) mass is 338 g/mol. The maximum atomic E-state index is 12.6. The number of benzene rings is 1. The lowest BCUT2D eigenvalue weighted by atomic mass is 9.97. The summed E-state index contributed by atoms with van der Waals surface area (Å²) in [5, 5.41) is 3.07. The van der Waals surface area contributed by atoms with E-state index in [2.05, 4.69) is 26.3 Å². The molecule has 0 unspecified atom stereocenters. The minimum Gasteiger partial charge on any atom is -0.488 e. The van der Waals surface area contributed by atoms with Crippen LogP contribution in [0.25, 0.3) is 0 Å². The molecule has 1 amide bonds. The number of anilines is 1. The van der Waals surface area contributed by atoms with Crippen LogP contribution in [0.15, 0.2) is 42.9 Å². The van der Waals surface area contributed by atoms with Gasteiger partial charge in [-0.25, -0.2) is 4.98 Å². The van der Waals surface area contributed by atoms with E-state index in [1.807, 2.05) is 18.2 Å². The number of amides is 1. The number of para-hydroxylation sites is 1. The number of nitrogens with zero attached hydrogens (tertiary/aromatic N) is 3. The van der Waals surface area contributed by atoms with Crippen molar-refractivity contribution in [1.82, 2.24) is 15.3 Å². The van der Waals surface area contributed by atoms with Gasteiger partial charge >= 0.3 is 0 Å². The lowest BCUT2D eigenvalue weighted by Crippen LogP contribution is -2.45. The average Bonchev–Trinajstić information content (AvgIpc) is 3.10. The third-order valence-corrected chi connectivity index (χ3v) is 4.88. The van der Waals surface area contributed by atoms with Crippen LogP contribution in [-0.2, 0) is 11.2 Å². The maximum Gasteiger partial charge on any atom is 0.225 e. The van der Waals surface area contributed by atoms with Crippen molar-refractivity contribution in [3.8, 4) is 5.75 Å². The van der Waals surface area contributed by atoms with E-state index in [0.29, 0.717) is 13.1 Å². The van der Waals surface area contributed by atoms with E-state index in [1.54, 1.807) is 18.6 Å². The fraction of sp³-hybridized carbons (Fsp3) is 0.421. The van der Waals surface area contributed by atoms with Gasteiger partial charge in [-0.1, -0.05) is 18.2 Å². The van der Waals surface area contributed by atoms with Crippen LogP contribution in [0.1, 0.15) is 18.4 Å². The van der Waals surface area contributed by atoms with E-state index < -0.39 is 0 Å². The molecule has 2 aliphatic heterocycles. The second-order valence-corrected chi connectivity index (χ2v) is 6.65. The fourth-order valence-electron chi connectivity index (χ4n) is 3.58. The summed E-state index contributed by atoms with van der Waals surface area (Å²) in [6.07, 6.45) is 7.89. The molecule has 0 spiro atoms. The number of ether oxygens (including phenoxy) is 1. The van der Waals surface area contributed by atoms with Crippen LogP contribution in [0.4, 0.5) is 5.82 Å². The van der Waals surface area contributed by atoms with Gasteiger partial charge in [0.25, 0.3) is 0 Å². The minimum atomic E-state index is -0.0143. The fourth-order valence-corrected chi connectivity index (χ4v) is 3.58. The standard InChI is InChI=1S/C19H22N4O2/c24-19(22-11-16-10-14-4-1-2-6-17(14)25-16)15-5-3-9-23(13-15)18-12-20-7-8-21-18/h1-2,4,6-8,12,15-16H,3,5,9-11,13H2,(H,22,24)/t15-,16-/m1/s1. The Morgan fingerprint density at radius 2 is 2.24 bits per heavy atom. The van der Waals surface area contributed by atoms with Gasteiger partial charge in [0.2, 0.25) is 5.91 Å². The SMILES string of the molecule is O=C(NC[C@H]1Cc2ccccc2O1)[C@@H]1CCCN(c2cnccn2)C1. The molecule has 1 fully saturated rings. The lowest BCUT2D eigenvalue weighted by Gasteiger charge is -2.32. The molecule has 2 atom stereocenters. The molecular weight excluding hydrogens is 316 g/mol. The molecule has 2 aliphatic rings. The Morgan fingerprint density at radius 1 is 1.32 bits per heavy atom. The van der Waals surface area contributed by atoms with Gasteiger partial charge in [-0.15, -0.1) is 0 Å². The van der Waals surface area contributed by atoms with Crippen LogP contribution >= 0.6 is 0 Å². The molecule has 6 heteroatoms. The Hall–Kier alpha value is -2.63. The van der Waals surface area contributed by atoms with E-state index in [9.17, 15) is 4.79 Å². The van der Waals surface area contributed by atoms with Crippen molar-refractivity contribution in [2.75, 3.05) is 24.5 Å². The number of piperidine rings is 1. The number of hydrogen-bond donors (Lipinski definition) is 1. The van der Waals surface area contributed by atoms with Crippen LogP contribution in [-0.4, -0.2) is 41.6 Å². The molecule has 0 bridgehead atoms. The van der Waals surface area contributed by atoms with Crippen molar-refractivity contribution in [3.05, 3.63) is 48.4 Å². The number of hydrogen-bond acceptors (Lipinski definition) is 5. The van der Waals surface area contributed by atoms with Crippen LogP contribution in [0.2, 0.25) is 0 Å². The lowest BCUT2D eigenvalue weighted by molar-refractivity contribution is -0.125. The first-order chi connectivity index (χ1) is 12.3. The Bertz CT molecular complexity index is 712. The Balaban J connectivity index is 1.30. The van der Waals surface area contributed by atoms with Crippen molar-refractivity contribution >= 4 is 11.7 Å². The highest BCUT2D eigenvalue weighted by Crippen LogP contribution is 2.28. The predicted octanol–water partition coefficient (Wildman–Crippen LogP) is 1.81. The summed E-state index contributed by atoms with van der Waals surface area (Å²) in [5.74, 6) is 1.87. The normalized spacial score (nSPS) is 22.2. The van der Waals surface area contributed by atoms with E-state index in [0.717, 1.165) is 37.4 Å². The zero-order valence-electron chi connectivity index (χ0n) is 14.1. The van der Waals surface area contributed by atoms with Crippen molar-refractivity contribution in [2.45, 2.75) is 25.4 Å². The zero-order valence-corrected chi connectivity index (χ0v) is 14.1. The van der Waals surface area contributed by atoms with Gasteiger partial charge in [-0.2, -0.15) is 0 Å². The van der Waals surface area contributed by atoms with Crippen molar-refractivity contribution < 1.29 is 9.53 Å². The molecule has 1 N–H and O–H groups in total. The first-order valence-corrected chi connectivity index (χ1v) is 8.83. The topological polar surface area (TPSA) is 67.3 Å². The number of aromatic nitrogens is 2. The summed E-state index contributed by atoms with van der Waals surface area (Å²) >= 11 is 0. The molecule has 1 saturated heterocycles. The number of rotatable bonds is 4. The van der Waals surface area contributed by atoms with Crippen molar-refractivity contribution in [1.29, 1.82) is 0 Å². The molecule has 1 aromatic carbocycles. The summed E-state index contributed by atoms with van der Waals surface area (Å²) in [7, 11) is 0. The largest absolute Gasteiger partial charge is 0.488 e. The maximum absolute atomic E-state index is 12.6. The highest BCUT2D eigenvalue weighted by molar-refractivity contribution is 5.79. The van der Waals surface area contributed by atoms with Gasteiger partial charge in [-0.05, 0) is 24.5 Å². The average molecular weight is 338 g/mol. The predicted molar refractivity (Wildman–Crippen MR) is 94.5 cm³/mol. The molecule has 1 aromatic heterocycles. The molecule has 2 aromatic rings. The van der Waals surface area contributed by atoms with E-state index in [1.165, 1.54) is 5.56 Å². The van der Waals surface area contributed by atoms with Crippen LogP contribution in [0.5, 0.6) is 5.75 Å². The van der Waals surface area contributed by atoms with Crippen molar-refractivity contribution in [3.63, 3.8) is 0 Å². The molecule has 25 heavy (non-hydrogen) atoms.